The fraction of sp³-hybridized carbons (Fsp3) is 0.111. The van der Waals surface area contributed by atoms with E-state index in [1.54, 1.807) is 35.7 Å². The lowest BCUT2D eigenvalue weighted by molar-refractivity contribution is -0.132. The lowest BCUT2D eigenvalue weighted by Gasteiger charge is -2.23. The third-order valence-electron chi connectivity index (χ3n) is 6.31. The van der Waals surface area contributed by atoms with Gasteiger partial charge in [-0.2, -0.15) is 0 Å². The molecule has 9 heteroatoms. The van der Waals surface area contributed by atoms with Crippen LogP contribution >= 0.6 is 22.9 Å². The molecule has 7 nitrogen and oxygen atoms in total. The van der Waals surface area contributed by atoms with E-state index in [1.165, 1.54) is 16.2 Å². The number of aliphatic hydroxyl groups excluding tert-OH is 1. The summed E-state index contributed by atoms with van der Waals surface area (Å²) in [5.74, 6) is -1.80. The van der Waals surface area contributed by atoms with E-state index < -0.39 is 17.7 Å². The van der Waals surface area contributed by atoms with Crippen LogP contribution in [-0.2, 0) is 9.59 Å². The fourth-order valence-corrected chi connectivity index (χ4v) is 5.88. The number of carbonyl (C=O) groups is 2. The summed E-state index contributed by atoms with van der Waals surface area (Å²) in [6.07, 6.45) is 1.76. The number of ketones is 1. The molecule has 1 aliphatic rings. The molecule has 6 rings (SSSR count). The van der Waals surface area contributed by atoms with Gasteiger partial charge in [0.25, 0.3) is 5.78 Å². The molecule has 2 aromatic carbocycles. The van der Waals surface area contributed by atoms with Crippen molar-refractivity contribution in [2.75, 3.05) is 4.90 Å². The number of benzene rings is 2. The summed E-state index contributed by atoms with van der Waals surface area (Å²) in [4.78, 5) is 37.5. The first kappa shape index (κ1) is 22.5. The quantitative estimate of drug-likeness (QED) is 0.186. The molecule has 1 atom stereocenters. The molecule has 0 spiro atoms. The van der Waals surface area contributed by atoms with E-state index in [1.807, 2.05) is 49.4 Å². The summed E-state index contributed by atoms with van der Waals surface area (Å²) in [5.41, 5.74) is 3.92. The Bertz CT molecular complexity index is 1740. The maximum absolute atomic E-state index is 13.5. The highest BCUT2D eigenvalue weighted by Crippen LogP contribution is 2.44. The van der Waals surface area contributed by atoms with Crippen molar-refractivity contribution < 1.29 is 14.7 Å². The number of nitrogens with zero attached hydrogens (tertiary/aromatic N) is 4. The minimum Gasteiger partial charge on any atom is -0.505 e. The Labute approximate surface area is 214 Å². The zero-order chi connectivity index (χ0) is 25.1. The molecule has 1 saturated heterocycles. The number of aryl methyl sites for hydroxylation is 2. The number of carbonyl (C=O) groups excluding carboxylic acids is 2. The minimum atomic E-state index is -0.865. The molecule has 1 N–H and O–H groups in total. The van der Waals surface area contributed by atoms with Crippen LogP contribution < -0.4 is 4.90 Å². The summed E-state index contributed by atoms with van der Waals surface area (Å²) >= 11 is 7.43. The largest absolute Gasteiger partial charge is 0.505 e. The Kier molecular flexibility index (Phi) is 5.17. The van der Waals surface area contributed by atoms with Crippen molar-refractivity contribution in [3.05, 3.63) is 100.0 Å². The Balaban J connectivity index is 1.61. The van der Waals surface area contributed by atoms with E-state index in [0.29, 0.717) is 38.3 Å². The second-order valence-corrected chi connectivity index (χ2v) is 10.1. The third-order valence-corrected chi connectivity index (χ3v) is 7.56. The lowest BCUT2D eigenvalue weighted by Crippen LogP contribution is -2.29. The van der Waals surface area contributed by atoms with Crippen LogP contribution in [0.15, 0.2) is 72.4 Å². The van der Waals surface area contributed by atoms with Gasteiger partial charge < -0.3 is 5.11 Å². The standard InChI is InChI=1S/C27H19ClN4O3S/c1-14-6-8-16(9-7-14)23-21(24(33)22-15(2)29-20-5-3-4-12-31(20)22)25(34)26(35)32(23)27-30-18-11-10-17(28)13-19(18)36-27/h3-13,23,33H,1-2H3. The maximum atomic E-state index is 13.5. The average molecular weight is 515 g/mol. The highest BCUT2D eigenvalue weighted by Gasteiger charge is 2.48. The van der Waals surface area contributed by atoms with Gasteiger partial charge in [-0.1, -0.05) is 58.8 Å². The van der Waals surface area contributed by atoms with Crippen molar-refractivity contribution in [1.29, 1.82) is 0 Å². The number of pyridine rings is 1. The number of halogens is 1. The molecule has 1 unspecified atom stereocenters. The molecule has 0 aliphatic carbocycles. The first-order valence-corrected chi connectivity index (χ1v) is 12.4. The molecule has 1 amide bonds. The molecule has 1 aliphatic heterocycles. The first-order chi connectivity index (χ1) is 17.3. The van der Waals surface area contributed by atoms with Crippen LogP contribution in [-0.4, -0.2) is 31.2 Å². The van der Waals surface area contributed by atoms with Gasteiger partial charge in [0.15, 0.2) is 10.9 Å². The van der Waals surface area contributed by atoms with E-state index in [2.05, 4.69) is 9.97 Å². The van der Waals surface area contributed by atoms with Crippen molar-refractivity contribution in [3.63, 3.8) is 0 Å². The van der Waals surface area contributed by atoms with Gasteiger partial charge in [0.05, 0.1) is 27.5 Å². The SMILES string of the molecule is Cc1ccc(C2C(=C(O)c3c(C)nc4ccccn34)C(=O)C(=O)N2c2nc3ccc(Cl)cc3s2)cc1. The van der Waals surface area contributed by atoms with Crippen LogP contribution in [0.25, 0.3) is 21.6 Å². The minimum absolute atomic E-state index is 0.00473. The molecule has 0 radical (unpaired) electrons. The number of rotatable bonds is 3. The Morgan fingerprint density at radius 2 is 1.81 bits per heavy atom. The highest BCUT2D eigenvalue weighted by atomic mass is 35.5. The predicted octanol–water partition coefficient (Wildman–Crippen LogP) is 5.84. The fourth-order valence-electron chi connectivity index (χ4n) is 4.61. The molecule has 178 valence electrons. The van der Waals surface area contributed by atoms with Crippen molar-refractivity contribution >= 4 is 61.4 Å². The number of hydrogen-bond acceptors (Lipinski definition) is 6. The summed E-state index contributed by atoms with van der Waals surface area (Å²) in [6.45, 7) is 3.72. The number of thiazole rings is 1. The molecule has 5 aromatic rings. The van der Waals surface area contributed by atoms with Crippen molar-refractivity contribution in [3.8, 4) is 0 Å². The number of aliphatic hydroxyl groups is 1. The van der Waals surface area contributed by atoms with Gasteiger partial charge in [-0.15, -0.1) is 0 Å². The molecular formula is C27H19ClN4O3S. The Hall–Kier alpha value is -4.01. The van der Waals surface area contributed by atoms with Gasteiger partial charge in [-0.05, 0) is 49.7 Å². The van der Waals surface area contributed by atoms with E-state index in [9.17, 15) is 14.7 Å². The van der Waals surface area contributed by atoms with Crippen molar-refractivity contribution in [2.45, 2.75) is 19.9 Å². The van der Waals surface area contributed by atoms with Crippen LogP contribution in [0.1, 0.15) is 28.6 Å². The molecular weight excluding hydrogens is 496 g/mol. The van der Waals surface area contributed by atoms with Gasteiger partial charge in [0.1, 0.15) is 11.3 Å². The van der Waals surface area contributed by atoms with Gasteiger partial charge in [-0.3, -0.25) is 18.9 Å². The topological polar surface area (TPSA) is 87.8 Å². The summed E-state index contributed by atoms with van der Waals surface area (Å²) < 4.78 is 2.50. The van der Waals surface area contributed by atoms with E-state index in [4.69, 9.17) is 11.6 Å². The second kappa shape index (κ2) is 8.29. The lowest BCUT2D eigenvalue weighted by atomic mass is 9.96. The van der Waals surface area contributed by atoms with Gasteiger partial charge in [0.2, 0.25) is 0 Å². The van der Waals surface area contributed by atoms with Crippen LogP contribution in [0.2, 0.25) is 5.02 Å². The van der Waals surface area contributed by atoms with Gasteiger partial charge >= 0.3 is 5.91 Å². The zero-order valence-corrected chi connectivity index (χ0v) is 20.8. The average Bonchev–Trinajstić information content (AvgIpc) is 3.50. The molecule has 1 fully saturated rings. The number of anilines is 1. The second-order valence-electron chi connectivity index (χ2n) is 8.66. The van der Waals surface area contributed by atoms with Crippen molar-refractivity contribution in [1.82, 2.24) is 14.4 Å². The van der Waals surface area contributed by atoms with Gasteiger partial charge in [0, 0.05) is 11.2 Å². The van der Waals surface area contributed by atoms with Gasteiger partial charge in [-0.25, -0.2) is 9.97 Å². The van der Waals surface area contributed by atoms with Crippen molar-refractivity contribution in [2.24, 2.45) is 0 Å². The number of hydrogen-bond donors (Lipinski definition) is 1. The molecule has 4 heterocycles. The first-order valence-electron chi connectivity index (χ1n) is 11.2. The van der Waals surface area contributed by atoms with E-state index >= 15 is 0 Å². The van der Waals surface area contributed by atoms with Crippen LogP contribution in [0.3, 0.4) is 0 Å². The number of Topliss-reactive ketones (excluding diaryl/α,β-unsaturated/α-hetero) is 1. The normalized spacial score (nSPS) is 17.5. The monoisotopic (exact) mass is 514 g/mol. The molecule has 36 heavy (non-hydrogen) atoms. The van der Waals surface area contributed by atoms with E-state index in [0.717, 1.165) is 10.3 Å². The number of amides is 1. The number of fused-ring (bicyclic) bond motifs is 2. The molecule has 0 bridgehead atoms. The summed E-state index contributed by atoms with van der Waals surface area (Å²) in [6, 6.07) is 17.4. The summed E-state index contributed by atoms with van der Waals surface area (Å²) in [5, 5.41) is 12.5. The zero-order valence-electron chi connectivity index (χ0n) is 19.3. The predicted molar refractivity (Wildman–Crippen MR) is 141 cm³/mol. The van der Waals surface area contributed by atoms with E-state index in [-0.39, 0.29) is 11.3 Å². The number of aromatic nitrogens is 3. The number of imidazole rings is 1. The smallest absolute Gasteiger partial charge is 0.301 e. The highest BCUT2D eigenvalue weighted by molar-refractivity contribution is 7.22. The third kappa shape index (κ3) is 3.41. The molecule has 0 saturated carbocycles. The Morgan fingerprint density at radius 3 is 2.58 bits per heavy atom. The molecule has 3 aromatic heterocycles. The maximum Gasteiger partial charge on any atom is 0.301 e. The Morgan fingerprint density at radius 1 is 1.03 bits per heavy atom. The summed E-state index contributed by atoms with van der Waals surface area (Å²) in [7, 11) is 0. The van der Waals surface area contributed by atoms with Crippen LogP contribution in [0.4, 0.5) is 5.13 Å². The van der Waals surface area contributed by atoms with Crippen LogP contribution in [0, 0.1) is 13.8 Å². The van der Waals surface area contributed by atoms with Crippen LogP contribution in [0.5, 0.6) is 0 Å².